The number of nitro benzene ring substituents is 1. The highest BCUT2D eigenvalue weighted by molar-refractivity contribution is 7.91. The van der Waals surface area contributed by atoms with Gasteiger partial charge < -0.3 is 4.90 Å². The Labute approximate surface area is 161 Å². The maximum atomic E-state index is 13.1. The maximum absolute atomic E-state index is 13.1. The standard InChI is InChI=1S/C18H17ClN2O5S/c19-17-7-2-1-4-14(17)11-20(16-8-9-27(25,26)12-16)18(22)13-5-3-6-15(10-13)21(23)24/h1-7,10,16H,8-9,11-12H2. The largest absolute Gasteiger partial charge is 0.330 e. The van der Waals surface area contributed by atoms with Crippen LogP contribution in [-0.4, -0.2) is 41.7 Å². The van der Waals surface area contributed by atoms with Gasteiger partial charge in [0.25, 0.3) is 11.6 Å². The molecule has 1 heterocycles. The van der Waals surface area contributed by atoms with Gasteiger partial charge in [0.05, 0.1) is 16.4 Å². The van der Waals surface area contributed by atoms with Crippen molar-refractivity contribution >= 4 is 33.0 Å². The van der Waals surface area contributed by atoms with Gasteiger partial charge in [-0.05, 0) is 24.1 Å². The van der Waals surface area contributed by atoms with Crippen molar-refractivity contribution in [3.8, 4) is 0 Å². The van der Waals surface area contributed by atoms with Crippen LogP contribution in [0.5, 0.6) is 0 Å². The molecule has 142 valence electrons. The van der Waals surface area contributed by atoms with Crippen LogP contribution in [0.1, 0.15) is 22.3 Å². The molecule has 1 aliphatic rings. The van der Waals surface area contributed by atoms with Crippen molar-refractivity contribution in [2.45, 2.75) is 19.0 Å². The molecule has 1 saturated heterocycles. The van der Waals surface area contributed by atoms with Gasteiger partial charge in [0, 0.05) is 35.3 Å². The molecule has 0 bridgehead atoms. The minimum Gasteiger partial charge on any atom is -0.330 e. The van der Waals surface area contributed by atoms with E-state index in [0.29, 0.717) is 17.0 Å². The highest BCUT2D eigenvalue weighted by Crippen LogP contribution is 2.26. The van der Waals surface area contributed by atoms with Crippen LogP contribution < -0.4 is 0 Å². The van der Waals surface area contributed by atoms with Crippen LogP contribution in [0.2, 0.25) is 5.02 Å². The first kappa shape index (κ1) is 19.3. The number of nitrogens with zero attached hydrogens (tertiary/aromatic N) is 2. The number of amides is 1. The first-order chi connectivity index (χ1) is 12.8. The molecule has 0 saturated carbocycles. The van der Waals surface area contributed by atoms with E-state index in [9.17, 15) is 23.3 Å². The van der Waals surface area contributed by atoms with Crippen molar-refractivity contribution in [3.05, 3.63) is 74.8 Å². The number of halogens is 1. The summed E-state index contributed by atoms with van der Waals surface area (Å²) in [7, 11) is -3.22. The number of carbonyl (C=O) groups excluding carboxylic acids is 1. The van der Waals surface area contributed by atoms with Crippen LogP contribution in [0.4, 0.5) is 5.69 Å². The second-order valence-electron chi connectivity index (χ2n) is 6.39. The van der Waals surface area contributed by atoms with E-state index < -0.39 is 26.7 Å². The molecular formula is C18H17ClN2O5S. The summed E-state index contributed by atoms with van der Waals surface area (Å²) in [6.07, 6.45) is 0.327. The van der Waals surface area contributed by atoms with E-state index in [1.807, 2.05) is 0 Å². The Balaban J connectivity index is 1.96. The van der Waals surface area contributed by atoms with Gasteiger partial charge in [-0.15, -0.1) is 0 Å². The summed E-state index contributed by atoms with van der Waals surface area (Å²) < 4.78 is 23.8. The first-order valence-corrected chi connectivity index (χ1v) is 10.5. The molecule has 0 N–H and O–H groups in total. The molecule has 1 fully saturated rings. The molecule has 1 aliphatic heterocycles. The summed E-state index contributed by atoms with van der Waals surface area (Å²) in [6, 6.07) is 11.9. The zero-order chi connectivity index (χ0) is 19.6. The van der Waals surface area contributed by atoms with Crippen molar-refractivity contribution in [2.75, 3.05) is 11.5 Å². The fraction of sp³-hybridized carbons (Fsp3) is 0.278. The third kappa shape index (κ3) is 4.45. The van der Waals surface area contributed by atoms with Gasteiger partial charge >= 0.3 is 0 Å². The highest BCUT2D eigenvalue weighted by atomic mass is 35.5. The van der Waals surface area contributed by atoms with Crippen molar-refractivity contribution in [2.24, 2.45) is 0 Å². The number of non-ortho nitro benzene ring substituents is 1. The van der Waals surface area contributed by atoms with Gasteiger partial charge in [0.1, 0.15) is 0 Å². The molecule has 0 aliphatic carbocycles. The van der Waals surface area contributed by atoms with Gasteiger partial charge in [0.15, 0.2) is 9.84 Å². The predicted octanol–water partition coefficient (Wildman–Crippen LogP) is 3.08. The minimum atomic E-state index is -3.22. The molecule has 1 unspecified atom stereocenters. The Bertz CT molecular complexity index is 993. The Morgan fingerprint density at radius 2 is 1.96 bits per heavy atom. The van der Waals surface area contributed by atoms with E-state index >= 15 is 0 Å². The number of hydrogen-bond donors (Lipinski definition) is 0. The summed E-state index contributed by atoms with van der Waals surface area (Å²) in [5.41, 5.74) is 0.625. The monoisotopic (exact) mass is 408 g/mol. The third-order valence-electron chi connectivity index (χ3n) is 4.51. The average molecular weight is 409 g/mol. The van der Waals surface area contributed by atoms with E-state index in [-0.39, 0.29) is 29.3 Å². The number of hydrogen-bond acceptors (Lipinski definition) is 5. The molecule has 2 aromatic carbocycles. The highest BCUT2D eigenvalue weighted by Gasteiger charge is 2.35. The molecule has 0 spiro atoms. The molecule has 27 heavy (non-hydrogen) atoms. The zero-order valence-corrected chi connectivity index (χ0v) is 15.8. The van der Waals surface area contributed by atoms with E-state index in [1.54, 1.807) is 24.3 Å². The van der Waals surface area contributed by atoms with E-state index in [1.165, 1.54) is 29.2 Å². The third-order valence-corrected chi connectivity index (χ3v) is 6.63. The lowest BCUT2D eigenvalue weighted by atomic mass is 10.1. The lowest BCUT2D eigenvalue weighted by molar-refractivity contribution is -0.384. The number of rotatable bonds is 5. The summed E-state index contributed by atoms with van der Waals surface area (Å²) in [4.78, 5) is 25.0. The Kier molecular flexibility index (Phi) is 5.48. The normalized spacial score (nSPS) is 18.2. The van der Waals surface area contributed by atoms with E-state index in [0.717, 1.165) is 0 Å². The van der Waals surface area contributed by atoms with E-state index in [4.69, 9.17) is 11.6 Å². The van der Waals surface area contributed by atoms with Crippen molar-refractivity contribution in [1.82, 2.24) is 4.90 Å². The molecule has 7 nitrogen and oxygen atoms in total. The smallest absolute Gasteiger partial charge is 0.270 e. The zero-order valence-electron chi connectivity index (χ0n) is 14.2. The predicted molar refractivity (Wildman–Crippen MR) is 101 cm³/mol. The van der Waals surface area contributed by atoms with Crippen LogP contribution in [0.3, 0.4) is 0 Å². The van der Waals surface area contributed by atoms with Gasteiger partial charge in [-0.25, -0.2) is 8.42 Å². The van der Waals surface area contributed by atoms with Crippen LogP contribution >= 0.6 is 11.6 Å². The lowest BCUT2D eigenvalue weighted by Crippen LogP contribution is -2.40. The molecule has 0 aromatic heterocycles. The van der Waals surface area contributed by atoms with Crippen molar-refractivity contribution < 1.29 is 18.1 Å². The van der Waals surface area contributed by atoms with Crippen LogP contribution in [0.15, 0.2) is 48.5 Å². The van der Waals surface area contributed by atoms with Gasteiger partial charge in [-0.1, -0.05) is 35.9 Å². The summed E-state index contributed by atoms with van der Waals surface area (Å²) in [5, 5.41) is 11.5. The van der Waals surface area contributed by atoms with Crippen molar-refractivity contribution in [1.29, 1.82) is 0 Å². The second kappa shape index (κ2) is 7.66. The molecular weight excluding hydrogens is 392 g/mol. The molecule has 0 radical (unpaired) electrons. The van der Waals surface area contributed by atoms with E-state index in [2.05, 4.69) is 0 Å². The Hall–Kier alpha value is -2.45. The number of carbonyl (C=O) groups is 1. The fourth-order valence-corrected chi connectivity index (χ4v) is 5.04. The van der Waals surface area contributed by atoms with Crippen LogP contribution in [0, 0.1) is 10.1 Å². The van der Waals surface area contributed by atoms with Crippen LogP contribution in [-0.2, 0) is 16.4 Å². The SMILES string of the molecule is O=C(c1cccc([N+](=O)[O-])c1)N(Cc1ccccc1Cl)C1CCS(=O)(=O)C1. The molecule has 1 atom stereocenters. The molecule has 9 heteroatoms. The van der Waals surface area contributed by atoms with Gasteiger partial charge in [0.2, 0.25) is 0 Å². The van der Waals surface area contributed by atoms with Gasteiger partial charge in [-0.2, -0.15) is 0 Å². The maximum Gasteiger partial charge on any atom is 0.270 e. The van der Waals surface area contributed by atoms with Gasteiger partial charge in [-0.3, -0.25) is 14.9 Å². The average Bonchev–Trinajstić information content (AvgIpc) is 3.00. The first-order valence-electron chi connectivity index (χ1n) is 8.26. The molecule has 3 rings (SSSR count). The lowest BCUT2D eigenvalue weighted by Gasteiger charge is -2.29. The van der Waals surface area contributed by atoms with Crippen LogP contribution in [0.25, 0.3) is 0 Å². The summed E-state index contributed by atoms with van der Waals surface area (Å²) in [6.45, 7) is 0.126. The number of nitro groups is 1. The quantitative estimate of drug-likeness (QED) is 0.559. The Morgan fingerprint density at radius 3 is 2.59 bits per heavy atom. The molecule has 1 amide bonds. The number of sulfone groups is 1. The fourth-order valence-electron chi connectivity index (χ4n) is 3.12. The Morgan fingerprint density at radius 1 is 1.22 bits per heavy atom. The summed E-state index contributed by atoms with van der Waals surface area (Å²) in [5.74, 6) is -0.572. The summed E-state index contributed by atoms with van der Waals surface area (Å²) >= 11 is 6.20. The number of benzene rings is 2. The minimum absolute atomic E-state index is 0.0128. The second-order valence-corrected chi connectivity index (χ2v) is 9.02. The molecule has 2 aromatic rings. The topological polar surface area (TPSA) is 97.6 Å². The van der Waals surface area contributed by atoms with Crippen molar-refractivity contribution in [3.63, 3.8) is 0 Å².